The fourth-order valence-electron chi connectivity index (χ4n) is 3.33. The fraction of sp³-hybridized carbons (Fsp3) is 0.211. The van der Waals surface area contributed by atoms with E-state index in [0.717, 1.165) is 35.0 Å². The minimum Gasteiger partial charge on any atom is -0.354 e. The molecule has 0 unspecified atom stereocenters. The van der Waals surface area contributed by atoms with Crippen molar-refractivity contribution < 1.29 is 0 Å². The maximum absolute atomic E-state index is 12.4. The number of pyridine rings is 1. The van der Waals surface area contributed by atoms with Crippen molar-refractivity contribution in [3.8, 4) is 11.3 Å². The summed E-state index contributed by atoms with van der Waals surface area (Å²) < 4.78 is 0. The molecule has 3 aromatic rings. The Balaban J connectivity index is 2.02. The minimum atomic E-state index is 0.107. The molecule has 0 saturated heterocycles. The number of aromatic amines is 1. The highest BCUT2D eigenvalue weighted by atomic mass is 16.1. The van der Waals surface area contributed by atoms with Gasteiger partial charge in [-0.25, -0.2) is 0 Å². The van der Waals surface area contributed by atoms with Crippen LogP contribution in [0.25, 0.3) is 22.2 Å². The van der Waals surface area contributed by atoms with Crippen LogP contribution in [0.5, 0.6) is 0 Å². The van der Waals surface area contributed by atoms with Gasteiger partial charge in [0.05, 0.1) is 5.52 Å². The molecule has 2 aromatic carbocycles. The maximum atomic E-state index is 12.4. The number of aryl methyl sites for hydroxylation is 2. The predicted molar refractivity (Wildman–Crippen MR) is 86.6 cm³/mol. The van der Waals surface area contributed by atoms with E-state index < -0.39 is 0 Å². The Morgan fingerprint density at radius 3 is 2.57 bits per heavy atom. The van der Waals surface area contributed by atoms with Crippen molar-refractivity contribution in [1.29, 1.82) is 0 Å². The standard InChI is InChI=1S/C19H17NO/c21-18-12-17(14-7-2-1-3-8-14)20-19-15-9-5-4-6-13(15)10-11-16(18)19/h1-3,7-8,10-12H,4-6,9H2,(H,20,21). The molecule has 2 nitrogen and oxygen atoms in total. The lowest BCUT2D eigenvalue weighted by Crippen LogP contribution is -2.09. The summed E-state index contributed by atoms with van der Waals surface area (Å²) in [5.41, 5.74) is 5.86. The van der Waals surface area contributed by atoms with Crippen LogP contribution in [-0.4, -0.2) is 4.98 Å². The second-order valence-corrected chi connectivity index (χ2v) is 5.75. The van der Waals surface area contributed by atoms with Gasteiger partial charge in [0.15, 0.2) is 5.43 Å². The topological polar surface area (TPSA) is 32.9 Å². The van der Waals surface area contributed by atoms with Crippen LogP contribution >= 0.6 is 0 Å². The van der Waals surface area contributed by atoms with Crippen molar-refractivity contribution in [1.82, 2.24) is 4.98 Å². The van der Waals surface area contributed by atoms with E-state index in [0.29, 0.717) is 0 Å². The second-order valence-electron chi connectivity index (χ2n) is 5.75. The molecule has 1 aromatic heterocycles. The normalized spacial score (nSPS) is 14.1. The van der Waals surface area contributed by atoms with Crippen molar-refractivity contribution in [2.24, 2.45) is 0 Å². The van der Waals surface area contributed by atoms with Gasteiger partial charge in [-0.2, -0.15) is 0 Å². The van der Waals surface area contributed by atoms with Gasteiger partial charge in [-0.05, 0) is 48.4 Å². The number of nitrogens with one attached hydrogen (secondary N) is 1. The molecule has 2 heteroatoms. The third kappa shape index (κ3) is 2.07. The first-order valence-corrected chi connectivity index (χ1v) is 7.56. The van der Waals surface area contributed by atoms with Gasteiger partial charge in [0.25, 0.3) is 0 Å². The largest absolute Gasteiger partial charge is 0.354 e. The highest BCUT2D eigenvalue weighted by Gasteiger charge is 2.14. The fourth-order valence-corrected chi connectivity index (χ4v) is 3.33. The van der Waals surface area contributed by atoms with Gasteiger partial charge >= 0.3 is 0 Å². The Hall–Kier alpha value is -2.35. The van der Waals surface area contributed by atoms with Crippen LogP contribution in [0.4, 0.5) is 0 Å². The van der Waals surface area contributed by atoms with Gasteiger partial charge in [-0.1, -0.05) is 36.4 Å². The van der Waals surface area contributed by atoms with E-state index in [9.17, 15) is 4.79 Å². The van der Waals surface area contributed by atoms with Crippen LogP contribution in [0.2, 0.25) is 0 Å². The van der Waals surface area contributed by atoms with Gasteiger partial charge in [0.2, 0.25) is 0 Å². The summed E-state index contributed by atoms with van der Waals surface area (Å²) in [6.07, 6.45) is 4.66. The Labute approximate surface area is 123 Å². The van der Waals surface area contributed by atoms with E-state index in [-0.39, 0.29) is 5.43 Å². The first kappa shape index (κ1) is 12.4. The van der Waals surface area contributed by atoms with Crippen LogP contribution in [0.15, 0.2) is 53.3 Å². The summed E-state index contributed by atoms with van der Waals surface area (Å²) in [6, 6.07) is 15.9. The molecule has 0 atom stereocenters. The van der Waals surface area contributed by atoms with E-state index in [4.69, 9.17) is 0 Å². The molecule has 1 N–H and O–H groups in total. The number of hydrogen-bond donors (Lipinski definition) is 1. The Bertz CT molecular complexity index is 862. The minimum absolute atomic E-state index is 0.107. The lowest BCUT2D eigenvalue weighted by molar-refractivity contribution is 0.689. The summed E-state index contributed by atoms with van der Waals surface area (Å²) in [4.78, 5) is 16.0. The molecule has 104 valence electrons. The number of H-pyrrole nitrogens is 1. The summed E-state index contributed by atoms with van der Waals surface area (Å²) in [5, 5.41) is 0.815. The average molecular weight is 275 g/mol. The van der Waals surface area contributed by atoms with Crippen LogP contribution in [-0.2, 0) is 12.8 Å². The van der Waals surface area contributed by atoms with E-state index in [1.54, 1.807) is 6.07 Å². The number of rotatable bonds is 1. The monoisotopic (exact) mass is 275 g/mol. The molecule has 0 spiro atoms. The third-order valence-electron chi connectivity index (χ3n) is 4.42. The Morgan fingerprint density at radius 1 is 0.905 bits per heavy atom. The highest BCUT2D eigenvalue weighted by molar-refractivity contribution is 5.85. The van der Waals surface area contributed by atoms with Crippen molar-refractivity contribution in [3.63, 3.8) is 0 Å². The molecule has 0 amide bonds. The number of fused-ring (bicyclic) bond motifs is 3. The zero-order valence-electron chi connectivity index (χ0n) is 11.9. The van der Waals surface area contributed by atoms with Crippen molar-refractivity contribution >= 4 is 10.9 Å². The molecule has 1 aliphatic carbocycles. The SMILES string of the molecule is O=c1cc(-c2ccccc2)[nH]c2c3c(ccc12)CCCC3. The molecule has 4 rings (SSSR count). The molecule has 0 radical (unpaired) electrons. The second kappa shape index (κ2) is 4.88. The van der Waals surface area contributed by atoms with Gasteiger partial charge in [-0.3, -0.25) is 4.79 Å². The Morgan fingerprint density at radius 2 is 1.71 bits per heavy atom. The van der Waals surface area contributed by atoms with Gasteiger partial charge in [-0.15, -0.1) is 0 Å². The van der Waals surface area contributed by atoms with E-state index >= 15 is 0 Å². The predicted octanol–water partition coefficient (Wildman–Crippen LogP) is 4.07. The van der Waals surface area contributed by atoms with E-state index in [1.807, 2.05) is 36.4 Å². The number of aromatic nitrogens is 1. The van der Waals surface area contributed by atoms with Crippen LogP contribution in [0.1, 0.15) is 24.0 Å². The summed E-state index contributed by atoms with van der Waals surface area (Å²) in [5.74, 6) is 0. The molecule has 1 aliphatic rings. The Kier molecular flexibility index (Phi) is 2.88. The molecule has 0 saturated carbocycles. The molecular formula is C19H17NO. The molecule has 1 heterocycles. The lowest BCUT2D eigenvalue weighted by atomic mass is 9.89. The molecule has 0 aliphatic heterocycles. The average Bonchev–Trinajstić information content (AvgIpc) is 2.55. The number of benzene rings is 2. The van der Waals surface area contributed by atoms with Crippen LogP contribution < -0.4 is 5.43 Å². The number of hydrogen-bond acceptors (Lipinski definition) is 1. The zero-order chi connectivity index (χ0) is 14.2. The third-order valence-corrected chi connectivity index (χ3v) is 4.42. The first-order chi connectivity index (χ1) is 10.3. The zero-order valence-corrected chi connectivity index (χ0v) is 11.9. The maximum Gasteiger partial charge on any atom is 0.190 e. The van der Waals surface area contributed by atoms with E-state index in [2.05, 4.69) is 11.1 Å². The lowest BCUT2D eigenvalue weighted by Gasteiger charge is -2.18. The van der Waals surface area contributed by atoms with E-state index in [1.165, 1.54) is 24.0 Å². The first-order valence-electron chi connectivity index (χ1n) is 7.56. The smallest absolute Gasteiger partial charge is 0.190 e. The van der Waals surface area contributed by atoms with Crippen molar-refractivity contribution in [2.45, 2.75) is 25.7 Å². The summed E-state index contributed by atoms with van der Waals surface area (Å²) >= 11 is 0. The molecule has 0 fully saturated rings. The van der Waals surface area contributed by atoms with Crippen LogP contribution in [0.3, 0.4) is 0 Å². The van der Waals surface area contributed by atoms with Gasteiger partial charge < -0.3 is 4.98 Å². The van der Waals surface area contributed by atoms with Crippen molar-refractivity contribution in [3.05, 3.63) is 69.9 Å². The summed E-state index contributed by atoms with van der Waals surface area (Å²) in [6.45, 7) is 0. The molecule has 0 bridgehead atoms. The van der Waals surface area contributed by atoms with Gasteiger partial charge in [0.1, 0.15) is 0 Å². The van der Waals surface area contributed by atoms with Gasteiger partial charge in [0, 0.05) is 17.1 Å². The highest BCUT2D eigenvalue weighted by Crippen LogP contribution is 2.28. The molecule has 21 heavy (non-hydrogen) atoms. The summed E-state index contributed by atoms with van der Waals surface area (Å²) in [7, 11) is 0. The molecular weight excluding hydrogens is 258 g/mol. The quantitative estimate of drug-likeness (QED) is 0.713. The van der Waals surface area contributed by atoms with Crippen LogP contribution in [0, 0.1) is 0 Å². The van der Waals surface area contributed by atoms with Crippen molar-refractivity contribution in [2.75, 3.05) is 0 Å².